The van der Waals surface area contributed by atoms with Gasteiger partial charge >= 0.3 is 7.60 Å². The van der Waals surface area contributed by atoms with Crippen LogP contribution in [0.15, 0.2) is 0 Å². The van der Waals surface area contributed by atoms with Gasteiger partial charge in [0.15, 0.2) is 0 Å². The third-order valence-corrected chi connectivity index (χ3v) is 1.59. The van der Waals surface area contributed by atoms with Crippen molar-refractivity contribution in [2.24, 2.45) is 0 Å². The lowest BCUT2D eigenvalue weighted by Crippen LogP contribution is -2.33. The largest absolute Gasteiger partial charge is 0.339 e. The second-order valence-electron chi connectivity index (χ2n) is 2.17. The highest BCUT2D eigenvalue weighted by atomic mass is 31.2. The number of hydrogen-bond donors (Lipinski definition) is 4. The van der Waals surface area contributed by atoms with Gasteiger partial charge in [0.1, 0.15) is 0 Å². The van der Waals surface area contributed by atoms with Gasteiger partial charge in [-0.25, -0.2) is 5.06 Å². The topological polar surface area (TPSA) is 110 Å². The summed E-state index contributed by atoms with van der Waals surface area (Å²) in [6.45, 7) is -0.307. The van der Waals surface area contributed by atoms with E-state index in [1.165, 1.54) is 0 Å². The second kappa shape index (κ2) is 4.54. The molecule has 0 aliphatic heterocycles. The highest BCUT2D eigenvalue weighted by molar-refractivity contribution is 7.51. The molecule has 0 aromatic rings. The Kier molecular flexibility index (Phi) is 4.36. The zero-order valence-corrected chi connectivity index (χ0v) is 7.36. The molecule has 0 aromatic carbocycles. The first-order valence-electron chi connectivity index (χ1n) is 3.03. The minimum atomic E-state index is -4.12. The quantitative estimate of drug-likeness (QED) is 0.250. The number of amides is 1. The first kappa shape index (κ1) is 11.5. The van der Waals surface area contributed by atoms with Gasteiger partial charge in [-0.05, 0) is 0 Å². The molecule has 0 aliphatic carbocycles. The van der Waals surface area contributed by atoms with Crippen LogP contribution in [0.1, 0.15) is 0 Å². The highest BCUT2D eigenvalue weighted by Gasteiger charge is 2.13. The van der Waals surface area contributed by atoms with Crippen molar-refractivity contribution in [2.45, 2.75) is 0 Å². The van der Waals surface area contributed by atoms with Gasteiger partial charge in [-0.15, -0.1) is 0 Å². The van der Waals surface area contributed by atoms with Crippen molar-refractivity contribution in [3.63, 3.8) is 0 Å². The molecular formula is C4H11N2O5P. The van der Waals surface area contributed by atoms with E-state index in [4.69, 9.17) is 15.0 Å². The Bertz CT molecular complexity index is 200. The van der Waals surface area contributed by atoms with Crippen LogP contribution in [0.4, 0.5) is 0 Å². The van der Waals surface area contributed by atoms with Crippen LogP contribution >= 0.6 is 7.60 Å². The Morgan fingerprint density at radius 1 is 1.58 bits per heavy atom. The average molecular weight is 198 g/mol. The summed E-state index contributed by atoms with van der Waals surface area (Å²) in [5, 5.41) is 11.0. The number of hydroxylamine groups is 2. The Balaban J connectivity index is 3.58. The van der Waals surface area contributed by atoms with E-state index >= 15 is 0 Å². The monoisotopic (exact) mass is 198 g/mol. The molecule has 0 saturated carbocycles. The molecule has 0 fully saturated rings. The summed E-state index contributed by atoms with van der Waals surface area (Å²) in [5.74, 6) is -0.663. The summed E-state index contributed by atoms with van der Waals surface area (Å²) in [4.78, 5) is 27.2. The summed E-state index contributed by atoms with van der Waals surface area (Å²) >= 11 is 0. The Morgan fingerprint density at radius 3 is 2.42 bits per heavy atom. The number of carbonyl (C=O) groups is 1. The fraction of sp³-hybridized carbons (Fsp3) is 0.750. The molecular weight excluding hydrogens is 187 g/mol. The predicted octanol–water partition coefficient (Wildman–Crippen LogP) is -1.44. The molecule has 0 spiro atoms. The first-order chi connectivity index (χ1) is 5.33. The lowest BCUT2D eigenvalue weighted by atomic mass is 10.6. The van der Waals surface area contributed by atoms with Crippen molar-refractivity contribution in [1.29, 1.82) is 0 Å². The molecule has 0 rings (SSSR count). The van der Waals surface area contributed by atoms with Crippen LogP contribution in [0.3, 0.4) is 0 Å². The molecule has 0 atom stereocenters. The lowest BCUT2D eigenvalue weighted by molar-refractivity contribution is -0.158. The number of carbonyl (C=O) groups excluding carboxylic acids is 1. The number of rotatable bonds is 4. The molecule has 0 radical (unpaired) electrons. The van der Waals surface area contributed by atoms with Gasteiger partial charge in [0.05, 0.1) is 12.8 Å². The molecule has 72 valence electrons. The SMILES string of the molecule is CN(O)C(=O)CNCP(=O)(O)O. The number of nitrogens with zero attached hydrogens (tertiary/aromatic N) is 1. The van der Waals surface area contributed by atoms with Gasteiger partial charge in [0, 0.05) is 7.05 Å². The molecule has 12 heavy (non-hydrogen) atoms. The Morgan fingerprint density at radius 2 is 2.08 bits per heavy atom. The second-order valence-corrected chi connectivity index (χ2v) is 3.81. The zero-order chi connectivity index (χ0) is 9.78. The minimum Gasteiger partial charge on any atom is -0.324 e. The van der Waals surface area contributed by atoms with E-state index in [2.05, 4.69) is 5.32 Å². The summed E-state index contributed by atoms with van der Waals surface area (Å²) < 4.78 is 10.2. The standard InChI is InChI=1S/C4H11N2O5P/c1-6(8)4(7)2-5-3-12(9,10)11/h5,8H,2-3H2,1H3,(H2,9,10,11). The van der Waals surface area contributed by atoms with E-state index in [9.17, 15) is 9.36 Å². The normalized spacial score (nSPS) is 11.3. The first-order valence-corrected chi connectivity index (χ1v) is 4.83. The molecule has 0 unspecified atom stereocenters. The third kappa shape index (κ3) is 6.26. The fourth-order valence-corrected chi connectivity index (χ4v) is 0.826. The van der Waals surface area contributed by atoms with Crippen LogP contribution in [0.25, 0.3) is 0 Å². The van der Waals surface area contributed by atoms with Crippen molar-refractivity contribution >= 4 is 13.5 Å². The van der Waals surface area contributed by atoms with Crippen LogP contribution in [-0.2, 0) is 9.36 Å². The van der Waals surface area contributed by atoms with Crippen molar-refractivity contribution in [2.75, 3.05) is 19.9 Å². The van der Waals surface area contributed by atoms with Crippen LogP contribution in [0.2, 0.25) is 0 Å². The maximum atomic E-state index is 10.6. The maximum Gasteiger partial charge on any atom is 0.339 e. The summed E-state index contributed by atoms with van der Waals surface area (Å²) in [6, 6.07) is 0. The molecule has 0 aromatic heterocycles. The predicted molar refractivity (Wildman–Crippen MR) is 39.5 cm³/mol. The molecule has 0 bridgehead atoms. The minimum absolute atomic E-state index is 0.307. The van der Waals surface area contributed by atoms with Crippen LogP contribution in [0, 0.1) is 0 Å². The van der Waals surface area contributed by atoms with E-state index in [0.29, 0.717) is 5.06 Å². The van der Waals surface area contributed by atoms with E-state index in [1.54, 1.807) is 0 Å². The third-order valence-electron chi connectivity index (χ3n) is 0.955. The number of nitrogens with one attached hydrogen (secondary N) is 1. The molecule has 0 saturated heterocycles. The van der Waals surface area contributed by atoms with E-state index in [1.807, 2.05) is 0 Å². The summed E-state index contributed by atoms with van der Waals surface area (Å²) in [5.41, 5.74) is 0. The Labute approximate surface area is 69.1 Å². The van der Waals surface area contributed by atoms with Crippen molar-refractivity contribution in [3.8, 4) is 0 Å². The smallest absolute Gasteiger partial charge is 0.324 e. The van der Waals surface area contributed by atoms with E-state index < -0.39 is 19.8 Å². The van der Waals surface area contributed by atoms with Gasteiger partial charge < -0.3 is 9.79 Å². The summed E-state index contributed by atoms with van der Waals surface area (Å²) in [7, 11) is -2.99. The lowest BCUT2D eigenvalue weighted by Gasteiger charge is -2.09. The van der Waals surface area contributed by atoms with Crippen LogP contribution < -0.4 is 5.32 Å². The van der Waals surface area contributed by atoms with E-state index in [-0.39, 0.29) is 6.54 Å². The highest BCUT2D eigenvalue weighted by Crippen LogP contribution is 2.31. The van der Waals surface area contributed by atoms with Crippen LogP contribution in [-0.4, -0.2) is 45.8 Å². The number of hydrogen-bond acceptors (Lipinski definition) is 4. The molecule has 1 amide bonds. The van der Waals surface area contributed by atoms with Gasteiger partial charge in [-0.3, -0.25) is 19.9 Å². The fourth-order valence-electron chi connectivity index (χ4n) is 0.423. The molecule has 0 heterocycles. The van der Waals surface area contributed by atoms with Gasteiger partial charge in [0.2, 0.25) is 0 Å². The molecule has 7 nitrogen and oxygen atoms in total. The number of likely N-dealkylation sites (N-methyl/N-ethyl adjacent to an activating group) is 1. The van der Waals surface area contributed by atoms with Crippen molar-refractivity contribution in [3.05, 3.63) is 0 Å². The van der Waals surface area contributed by atoms with Crippen LogP contribution in [0.5, 0.6) is 0 Å². The molecule has 8 heteroatoms. The molecule has 0 aliphatic rings. The van der Waals surface area contributed by atoms with Gasteiger partial charge in [-0.2, -0.15) is 0 Å². The van der Waals surface area contributed by atoms with E-state index in [0.717, 1.165) is 7.05 Å². The zero-order valence-electron chi connectivity index (χ0n) is 6.47. The molecule has 4 N–H and O–H groups in total. The maximum absolute atomic E-state index is 10.6. The Hall–Kier alpha value is -0.460. The average Bonchev–Trinajstić information content (AvgIpc) is 1.84. The summed E-state index contributed by atoms with van der Waals surface area (Å²) in [6.07, 6.45) is -0.577. The van der Waals surface area contributed by atoms with Gasteiger partial charge in [0.25, 0.3) is 5.91 Å². The van der Waals surface area contributed by atoms with Crippen molar-refractivity contribution < 1.29 is 24.4 Å². The van der Waals surface area contributed by atoms with Gasteiger partial charge in [-0.1, -0.05) is 0 Å². The van der Waals surface area contributed by atoms with Crippen molar-refractivity contribution in [1.82, 2.24) is 10.4 Å².